The van der Waals surface area contributed by atoms with Crippen LogP contribution in [-0.4, -0.2) is 24.0 Å². The summed E-state index contributed by atoms with van der Waals surface area (Å²) in [6.07, 6.45) is 2.76. The Kier molecular flexibility index (Phi) is 5.39. The van der Waals surface area contributed by atoms with Gasteiger partial charge in [0.2, 0.25) is 0 Å². The molecule has 0 spiro atoms. The molecule has 1 rings (SSSR count). The highest BCUT2D eigenvalue weighted by Crippen LogP contribution is 2.22. The molecule has 90 valence electrons. The van der Waals surface area contributed by atoms with Crippen LogP contribution in [-0.2, 0) is 0 Å². The summed E-state index contributed by atoms with van der Waals surface area (Å²) in [7, 11) is 1.64. The van der Waals surface area contributed by atoms with Crippen molar-refractivity contribution in [2.45, 2.75) is 26.3 Å². The summed E-state index contributed by atoms with van der Waals surface area (Å²) in [5.74, 6) is 2.68. The normalized spacial score (nSPS) is 12.6. The molecule has 16 heavy (non-hydrogen) atoms. The quantitative estimate of drug-likeness (QED) is 0.779. The van der Waals surface area contributed by atoms with Crippen molar-refractivity contribution in [1.29, 1.82) is 0 Å². The molecular weight excluding hydrogens is 224 g/mol. The Labute approximate surface area is 102 Å². The molecule has 1 aromatic heterocycles. The third-order valence-electron chi connectivity index (χ3n) is 2.27. The van der Waals surface area contributed by atoms with Gasteiger partial charge in [0.05, 0.1) is 7.11 Å². The highest BCUT2D eigenvalue weighted by molar-refractivity contribution is 6.18. The van der Waals surface area contributed by atoms with Crippen LogP contribution in [0.5, 0.6) is 5.75 Å². The van der Waals surface area contributed by atoms with E-state index in [4.69, 9.17) is 16.3 Å². The van der Waals surface area contributed by atoms with E-state index in [1.807, 2.05) is 12.1 Å². The van der Waals surface area contributed by atoms with Crippen molar-refractivity contribution in [2.75, 3.05) is 18.3 Å². The molecule has 0 aliphatic carbocycles. The molecule has 0 fully saturated rings. The largest absolute Gasteiger partial charge is 0.493 e. The third-order valence-corrected chi connectivity index (χ3v) is 2.65. The van der Waals surface area contributed by atoms with E-state index in [0.29, 0.717) is 11.8 Å². The molecule has 1 unspecified atom stereocenters. The number of aromatic nitrogens is 1. The zero-order valence-electron chi connectivity index (χ0n) is 10.0. The van der Waals surface area contributed by atoms with Crippen LogP contribution in [0.3, 0.4) is 0 Å². The number of ether oxygens (including phenoxy) is 1. The molecule has 0 aliphatic rings. The molecule has 0 saturated carbocycles. The zero-order valence-corrected chi connectivity index (χ0v) is 10.8. The molecule has 0 aliphatic heterocycles. The van der Waals surface area contributed by atoms with E-state index in [9.17, 15) is 0 Å². The van der Waals surface area contributed by atoms with E-state index >= 15 is 0 Å². The van der Waals surface area contributed by atoms with Gasteiger partial charge in [-0.3, -0.25) is 0 Å². The average Bonchev–Trinajstić information content (AvgIpc) is 2.28. The second-order valence-corrected chi connectivity index (χ2v) is 4.49. The predicted molar refractivity (Wildman–Crippen MR) is 68.4 cm³/mol. The van der Waals surface area contributed by atoms with Crippen molar-refractivity contribution in [2.24, 2.45) is 5.92 Å². The molecule has 0 amide bonds. The summed E-state index contributed by atoms with van der Waals surface area (Å²) in [6.45, 7) is 4.35. The standard InChI is InChI=1S/C12H19ClN2O/c1-9(2)7-10(8-13)15-12-11(16-3)5-4-6-14-12/h4-6,9-10H,7-8H2,1-3H3,(H,14,15). The van der Waals surface area contributed by atoms with Gasteiger partial charge in [0, 0.05) is 18.1 Å². The lowest BCUT2D eigenvalue weighted by atomic mass is 10.1. The van der Waals surface area contributed by atoms with Crippen molar-refractivity contribution in [1.82, 2.24) is 4.98 Å². The summed E-state index contributed by atoms with van der Waals surface area (Å²) >= 11 is 5.93. The van der Waals surface area contributed by atoms with E-state index in [1.54, 1.807) is 13.3 Å². The average molecular weight is 243 g/mol. The van der Waals surface area contributed by atoms with Gasteiger partial charge >= 0.3 is 0 Å². The summed E-state index contributed by atoms with van der Waals surface area (Å²) in [6, 6.07) is 3.96. The fraction of sp³-hybridized carbons (Fsp3) is 0.583. The molecule has 3 nitrogen and oxygen atoms in total. The first-order valence-electron chi connectivity index (χ1n) is 5.48. The number of halogens is 1. The number of nitrogens with one attached hydrogen (secondary N) is 1. The van der Waals surface area contributed by atoms with Crippen molar-refractivity contribution in [3.8, 4) is 5.75 Å². The van der Waals surface area contributed by atoms with Gasteiger partial charge in [-0.2, -0.15) is 0 Å². The molecule has 4 heteroatoms. The Balaban J connectivity index is 2.69. The highest BCUT2D eigenvalue weighted by atomic mass is 35.5. The predicted octanol–water partition coefficient (Wildman–Crippen LogP) is 3.16. The van der Waals surface area contributed by atoms with Gasteiger partial charge in [-0.15, -0.1) is 11.6 Å². The van der Waals surface area contributed by atoms with Crippen molar-refractivity contribution in [3.05, 3.63) is 18.3 Å². The fourth-order valence-electron chi connectivity index (χ4n) is 1.59. The number of pyridine rings is 1. The van der Waals surface area contributed by atoms with Gasteiger partial charge in [-0.05, 0) is 24.5 Å². The van der Waals surface area contributed by atoms with Crippen LogP contribution < -0.4 is 10.1 Å². The summed E-state index contributed by atoms with van der Waals surface area (Å²) < 4.78 is 5.23. The molecule has 1 heterocycles. The number of hydrogen-bond acceptors (Lipinski definition) is 3. The molecule has 1 aromatic rings. The van der Waals surface area contributed by atoms with Crippen molar-refractivity contribution >= 4 is 17.4 Å². The number of hydrogen-bond donors (Lipinski definition) is 1. The van der Waals surface area contributed by atoms with E-state index in [0.717, 1.165) is 18.0 Å². The Bertz CT molecular complexity index is 318. The minimum absolute atomic E-state index is 0.227. The Morgan fingerprint density at radius 2 is 2.25 bits per heavy atom. The van der Waals surface area contributed by atoms with Crippen LogP contribution in [0.4, 0.5) is 5.82 Å². The van der Waals surface area contributed by atoms with Gasteiger partial charge in [0.15, 0.2) is 11.6 Å². The van der Waals surface area contributed by atoms with Crippen LogP contribution in [0.2, 0.25) is 0 Å². The topological polar surface area (TPSA) is 34.1 Å². The molecule has 1 atom stereocenters. The lowest BCUT2D eigenvalue weighted by Gasteiger charge is -2.19. The van der Waals surface area contributed by atoms with Crippen molar-refractivity contribution < 1.29 is 4.74 Å². The van der Waals surface area contributed by atoms with E-state index in [1.165, 1.54) is 0 Å². The monoisotopic (exact) mass is 242 g/mol. The number of methoxy groups -OCH3 is 1. The third kappa shape index (κ3) is 3.89. The maximum absolute atomic E-state index is 5.93. The zero-order chi connectivity index (χ0) is 12.0. The fourth-order valence-corrected chi connectivity index (χ4v) is 1.79. The van der Waals surface area contributed by atoms with Gasteiger partial charge in [0.1, 0.15) is 0 Å². The van der Waals surface area contributed by atoms with Crippen molar-refractivity contribution in [3.63, 3.8) is 0 Å². The molecule has 0 saturated heterocycles. The molecule has 0 radical (unpaired) electrons. The Morgan fingerprint density at radius 3 is 2.81 bits per heavy atom. The van der Waals surface area contributed by atoms with E-state index < -0.39 is 0 Å². The van der Waals surface area contributed by atoms with E-state index in [-0.39, 0.29) is 6.04 Å². The SMILES string of the molecule is COc1cccnc1NC(CCl)CC(C)C. The molecule has 0 aromatic carbocycles. The van der Waals surface area contributed by atoms with Gasteiger partial charge in [-0.25, -0.2) is 4.98 Å². The minimum Gasteiger partial charge on any atom is -0.493 e. The number of alkyl halides is 1. The number of rotatable bonds is 6. The number of anilines is 1. The molecule has 1 N–H and O–H groups in total. The highest BCUT2D eigenvalue weighted by Gasteiger charge is 2.12. The van der Waals surface area contributed by atoms with E-state index in [2.05, 4.69) is 24.1 Å². The first kappa shape index (κ1) is 13.1. The first-order valence-corrected chi connectivity index (χ1v) is 6.02. The number of nitrogens with zero attached hydrogens (tertiary/aromatic N) is 1. The van der Waals surface area contributed by atoms with Crippen LogP contribution >= 0.6 is 11.6 Å². The summed E-state index contributed by atoms with van der Waals surface area (Å²) in [4.78, 5) is 4.25. The lowest BCUT2D eigenvalue weighted by Crippen LogP contribution is -2.24. The van der Waals surface area contributed by atoms with Crippen LogP contribution in [0.15, 0.2) is 18.3 Å². The van der Waals surface area contributed by atoms with Crippen LogP contribution in [0, 0.1) is 5.92 Å². The lowest BCUT2D eigenvalue weighted by molar-refractivity contribution is 0.413. The van der Waals surface area contributed by atoms with Crippen LogP contribution in [0.25, 0.3) is 0 Å². The molecular formula is C12H19ClN2O. The van der Waals surface area contributed by atoms with Gasteiger partial charge in [-0.1, -0.05) is 13.8 Å². The van der Waals surface area contributed by atoms with Crippen LogP contribution in [0.1, 0.15) is 20.3 Å². The second-order valence-electron chi connectivity index (χ2n) is 4.18. The second kappa shape index (κ2) is 6.59. The Hall–Kier alpha value is -0.960. The van der Waals surface area contributed by atoms with Gasteiger partial charge in [0.25, 0.3) is 0 Å². The summed E-state index contributed by atoms with van der Waals surface area (Å²) in [5, 5.41) is 3.31. The Morgan fingerprint density at radius 1 is 1.50 bits per heavy atom. The maximum Gasteiger partial charge on any atom is 0.168 e. The molecule has 0 bridgehead atoms. The minimum atomic E-state index is 0.227. The smallest absolute Gasteiger partial charge is 0.168 e. The summed E-state index contributed by atoms with van der Waals surface area (Å²) in [5.41, 5.74) is 0. The maximum atomic E-state index is 5.93. The first-order chi connectivity index (χ1) is 7.67. The van der Waals surface area contributed by atoms with Gasteiger partial charge < -0.3 is 10.1 Å².